The van der Waals surface area contributed by atoms with E-state index in [9.17, 15) is 14.4 Å². The number of rotatable bonds is 1. The van der Waals surface area contributed by atoms with Gasteiger partial charge in [-0.2, -0.15) is 0 Å². The Kier molecular flexibility index (Phi) is 3.13. The van der Waals surface area contributed by atoms with E-state index in [2.05, 4.69) is 0 Å². The topological polar surface area (TPSA) is 98.2 Å². The second-order valence-electron chi connectivity index (χ2n) is 3.33. The van der Waals surface area contributed by atoms with Gasteiger partial charge in [-0.05, 0) is 6.92 Å². The predicted molar refractivity (Wildman–Crippen MR) is 48.8 cm³/mol. The van der Waals surface area contributed by atoms with Crippen LogP contribution in [0.25, 0.3) is 0 Å². The quantitative estimate of drug-likeness (QED) is 0.638. The molecule has 1 aliphatic heterocycles. The Labute approximate surface area is 85.9 Å². The second-order valence-corrected chi connectivity index (χ2v) is 3.33. The molecule has 0 radical (unpaired) electrons. The van der Waals surface area contributed by atoms with Gasteiger partial charge in [-0.1, -0.05) is 0 Å². The lowest BCUT2D eigenvalue weighted by Gasteiger charge is -2.37. The summed E-state index contributed by atoms with van der Waals surface area (Å²) in [7, 11) is 0. The maximum absolute atomic E-state index is 11.2. The summed E-state index contributed by atoms with van der Waals surface area (Å²) in [5, 5.41) is 17.5. The van der Waals surface area contributed by atoms with Crippen molar-refractivity contribution in [3.8, 4) is 0 Å². The van der Waals surface area contributed by atoms with Crippen LogP contribution in [0.2, 0.25) is 0 Å². The monoisotopic (exact) mass is 216 g/mol. The van der Waals surface area contributed by atoms with Gasteiger partial charge in [0.15, 0.2) is 5.78 Å². The molecule has 1 rings (SSSR count). The molecule has 15 heavy (non-hydrogen) atoms. The first-order valence-corrected chi connectivity index (χ1v) is 4.41. The summed E-state index contributed by atoms with van der Waals surface area (Å²) in [5.41, 5.74) is 0. The number of Topliss-reactive ketones (excluding diaryl/α,β-unsaturated/α-hetero) is 1. The van der Waals surface area contributed by atoms with Crippen LogP contribution in [0, 0.1) is 0 Å². The molecule has 0 aromatic rings. The fourth-order valence-corrected chi connectivity index (χ4v) is 1.53. The van der Waals surface area contributed by atoms with E-state index in [-0.39, 0.29) is 25.4 Å². The van der Waals surface area contributed by atoms with E-state index in [1.807, 2.05) is 0 Å². The van der Waals surface area contributed by atoms with Crippen molar-refractivity contribution in [2.45, 2.75) is 13.0 Å². The molecule has 0 aromatic heterocycles. The van der Waals surface area contributed by atoms with E-state index in [0.29, 0.717) is 0 Å². The van der Waals surface area contributed by atoms with Crippen LogP contribution in [0.15, 0.2) is 0 Å². The molecule has 1 fully saturated rings. The van der Waals surface area contributed by atoms with E-state index in [0.717, 1.165) is 9.80 Å². The fourth-order valence-electron chi connectivity index (χ4n) is 1.53. The summed E-state index contributed by atoms with van der Waals surface area (Å²) in [6, 6.07) is -0.882. The first-order valence-electron chi connectivity index (χ1n) is 4.41. The van der Waals surface area contributed by atoms with Gasteiger partial charge in [0.05, 0.1) is 6.54 Å². The van der Waals surface area contributed by atoms with E-state index in [4.69, 9.17) is 10.2 Å². The van der Waals surface area contributed by atoms with Gasteiger partial charge < -0.3 is 15.1 Å². The highest BCUT2D eigenvalue weighted by Gasteiger charge is 2.34. The number of nitrogens with zero attached hydrogens (tertiary/aromatic N) is 2. The summed E-state index contributed by atoms with van der Waals surface area (Å²) in [4.78, 5) is 34.6. The van der Waals surface area contributed by atoms with Gasteiger partial charge in [0, 0.05) is 13.1 Å². The first-order chi connectivity index (χ1) is 6.93. The Hall–Kier alpha value is -1.79. The van der Waals surface area contributed by atoms with Crippen molar-refractivity contribution in [1.82, 2.24) is 9.80 Å². The SMILES string of the molecule is CC(=O)[C@H]1CN(C(=O)O)CCN1C(=O)O. The molecule has 0 bridgehead atoms. The van der Waals surface area contributed by atoms with Crippen molar-refractivity contribution in [2.75, 3.05) is 19.6 Å². The van der Waals surface area contributed by atoms with Gasteiger partial charge in [-0.15, -0.1) is 0 Å². The maximum atomic E-state index is 11.2. The molecule has 0 aliphatic carbocycles. The average molecular weight is 216 g/mol. The third-order valence-corrected chi connectivity index (χ3v) is 2.37. The van der Waals surface area contributed by atoms with Crippen molar-refractivity contribution >= 4 is 18.0 Å². The number of carbonyl (C=O) groups is 3. The van der Waals surface area contributed by atoms with Crippen LogP contribution in [-0.2, 0) is 4.79 Å². The molecule has 84 valence electrons. The van der Waals surface area contributed by atoms with Gasteiger partial charge in [-0.25, -0.2) is 9.59 Å². The van der Waals surface area contributed by atoms with Crippen LogP contribution >= 0.6 is 0 Å². The molecule has 0 saturated carbocycles. The molecule has 0 unspecified atom stereocenters. The molecular formula is C8H12N2O5. The Bertz CT molecular complexity index is 303. The van der Waals surface area contributed by atoms with Crippen molar-refractivity contribution in [3.05, 3.63) is 0 Å². The Morgan fingerprint density at radius 1 is 1.13 bits per heavy atom. The van der Waals surface area contributed by atoms with Crippen LogP contribution in [0.4, 0.5) is 9.59 Å². The van der Waals surface area contributed by atoms with Crippen LogP contribution in [0.5, 0.6) is 0 Å². The minimum absolute atomic E-state index is 0.0336. The van der Waals surface area contributed by atoms with E-state index >= 15 is 0 Å². The molecule has 7 heteroatoms. The van der Waals surface area contributed by atoms with Gasteiger partial charge in [-0.3, -0.25) is 9.69 Å². The van der Waals surface area contributed by atoms with Gasteiger partial charge in [0.1, 0.15) is 6.04 Å². The van der Waals surface area contributed by atoms with E-state index < -0.39 is 18.2 Å². The lowest BCUT2D eigenvalue weighted by Crippen LogP contribution is -2.58. The number of amides is 2. The highest BCUT2D eigenvalue weighted by molar-refractivity contribution is 5.86. The van der Waals surface area contributed by atoms with Crippen molar-refractivity contribution in [1.29, 1.82) is 0 Å². The van der Waals surface area contributed by atoms with Crippen molar-refractivity contribution in [3.63, 3.8) is 0 Å². The lowest BCUT2D eigenvalue weighted by molar-refractivity contribution is -0.123. The van der Waals surface area contributed by atoms with Gasteiger partial charge in [0.25, 0.3) is 0 Å². The normalized spacial score (nSPS) is 21.3. The molecule has 1 saturated heterocycles. The molecule has 2 N–H and O–H groups in total. The zero-order valence-electron chi connectivity index (χ0n) is 8.21. The number of ketones is 1. The van der Waals surface area contributed by atoms with E-state index in [1.54, 1.807) is 0 Å². The predicted octanol–water partition coefficient (Wildman–Crippen LogP) is -0.0824. The average Bonchev–Trinajstić information content (AvgIpc) is 2.16. The van der Waals surface area contributed by atoms with Crippen LogP contribution < -0.4 is 0 Å². The van der Waals surface area contributed by atoms with Crippen LogP contribution in [-0.4, -0.2) is 63.7 Å². The minimum atomic E-state index is -1.19. The first kappa shape index (κ1) is 11.3. The second kappa shape index (κ2) is 4.16. The molecule has 2 amide bonds. The van der Waals surface area contributed by atoms with Crippen molar-refractivity contribution < 1.29 is 24.6 Å². The van der Waals surface area contributed by atoms with E-state index in [1.165, 1.54) is 6.92 Å². The number of hydrogen-bond acceptors (Lipinski definition) is 3. The van der Waals surface area contributed by atoms with Crippen LogP contribution in [0.1, 0.15) is 6.92 Å². The molecular weight excluding hydrogens is 204 g/mol. The standard InChI is InChI=1S/C8H12N2O5/c1-5(11)6-4-9(7(12)13)2-3-10(6)8(14)15/h6H,2-4H2,1H3,(H,12,13)(H,14,15)/t6-/m1/s1. The summed E-state index contributed by atoms with van der Waals surface area (Å²) < 4.78 is 0. The van der Waals surface area contributed by atoms with Crippen LogP contribution in [0.3, 0.4) is 0 Å². The Morgan fingerprint density at radius 2 is 1.73 bits per heavy atom. The third kappa shape index (κ3) is 2.36. The highest BCUT2D eigenvalue weighted by atomic mass is 16.4. The van der Waals surface area contributed by atoms with Gasteiger partial charge in [0.2, 0.25) is 0 Å². The largest absolute Gasteiger partial charge is 0.465 e. The zero-order chi connectivity index (χ0) is 11.6. The Morgan fingerprint density at radius 3 is 2.13 bits per heavy atom. The summed E-state index contributed by atoms with van der Waals surface area (Å²) in [6.07, 6.45) is -2.33. The Balaban J connectivity index is 2.78. The number of hydrogen-bond donors (Lipinski definition) is 2. The highest BCUT2D eigenvalue weighted by Crippen LogP contribution is 2.11. The number of piperazine rings is 1. The van der Waals surface area contributed by atoms with Crippen molar-refractivity contribution in [2.24, 2.45) is 0 Å². The summed E-state index contributed by atoms with van der Waals surface area (Å²) in [5.74, 6) is -0.344. The molecule has 0 aromatic carbocycles. The minimum Gasteiger partial charge on any atom is -0.465 e. The third-order valence-electron chi connectivity index (χ3n) is 2.37. The molecule has 0 spiro atoms. The number of carbonyl (C=O) groups excluding carboxylic acids is 1. The molecule has 1 atom stereocenters. The molecule has 1 aliphatic rings. The zero-order valence-corrected chi connectivity index (χ0v) is 8.21. The lowest BCUT2D eigenvalue weighted by atomic mass is 10.1. The maximum Gasteiger partial charge on any atom is 0.408 e. The van der Waals surface area contributed by atoms with Gasteiger partial charge >= 0.3 is 12.2 Å². The molecule has 7 nitrogen and oxygen atoms in total. The smallest absolute Gasteiger partial charge is 0.408 e. The number of carboxylic acid groups (broad SMARTS) is 2. The summed E-state index contributed by atoms with van der Waals surface area (Å²) >= 11 is 0. The molecule has 1 heterocycles. The fraction of sp³-hybridized carbons (Fsp3) is 0.625. The summed E-state index contributed by atoms with van der Waals surface area (Å²) in [6.45, 7) is 1.31.